The lowest BCUT2D eigenvalue weighted by Gasteiger charge is -2.36. The Kier molecular flexibility index (Phi) is 23.5. The van der Waals surface area contributed by atoms with Crippen molar-refractivity contribution in [3.05, 3.63) is 160 Å². The standard InChI is InChI=1S/C75H91N17O13/c1-45(93)78-49-31-62(88(7)36-49)74(104)81-50-32-61(86(5)37-50)73(103)77-25-23-67(101)83-58-44-92(11)43-57(58)69(92)75(105)82-51-33-60(87(6)38-51)72(102)76-24-16-20-55(96)30-48-39-90(9)71(79-48)66(100)34-52-40-89(8)70(80-52)64(98)22-15-19-54(95)27-46-28-59(85(4)35-46)65(99)29-47-41-91(10)42-56(47)68(91)63(97)21-14-18-53(94)17-12-13-26-84(2)3/h28,31-33,35-44,68-69H,12-27,29-30,34H2,1-11H3,(H4-2,76,77,78,81,82,83,93,101,102,103,104,105)/p+2. The van der Waals surface area contributed by atoms with Gasteiger partial charge < -0.3 is 64.2 Å². The predicted octanol–water partition coefficient (Wildman–Crippen LogP) is 5.30. The molecule has 105 heavy (non-hydrogen) atoms. The van der Waals surface area contributed by atoms with Gasteiger partial charge in [0, 0.05) is 163 Å². The molecule has 6 aromatic rings. The third kappa shape index (κ3) is 18.3. The van der Waals surface area contributed by atoms with E-state index >= 15 is 0 Å². The van der Waals surface area contributed by atoms with E-state index in [2.05, 4.69) is 46.8 Å². The highest BCUT2D eigenvalue weighted by molar-refractivity contribution is 6.06. The maximum atomic E-state index is 13.7. The van der Waals surface area contributed by atoms with E-state index in [0.29, 0.717) is 87.6 Å². The van der Waals surface area contributed by atoms with Crippen LogP contribution >= 0.6 is 0 Å². The smallest absolute Gasteiger partial charge is 0.288 e. The minimum atomic E-state index is -0.678. The van der Waals surface area contributed by atoms with E-state index < -0.39 is 29.7 Å². The van der Waals surface area contributed by atoms with Gasteiger partial charge in [0.15, 0.2) is 35.0 Å². The molecule has 554 valence electrons. The van der Waals surface area contributed by atoms with Crippen LogP contribution in [0.2, 0.25) is 0 Å². The Morgan fingerprint density at radius 3 is 1.63 bits per heavy atom. The first-order valence-corrected chi connectivity index (χ1v) is 35.1. The second-order valence-corrected chi connectivity index (χ2v) is 28.5. The van der Waals surface area contributed by atoms with Gasteiger partial charge in [-0.15, -0.1) is 0 Å². The minimum absolute atomic E-state index is 0.00795. The first-order chi connectivity index (χ1) is 49.7. The molecule has 0 saturated carbocycles. The van der Waals surface area contributed by atoms with Crippen molar-refractivity contribution in [3.63, 3.8) is 0 Å². The molecule has 6 aromatic heterocycles. The van der Waals surface area contributed by atoms with E-state index in [-0.39, 0.29) is 162 Å². The van der Waals surface area contributed by atoms with Crippen LogP contribution in [0.4, 0.5) is 17.1 Å². The normalized spacial score (nSPS) is 17.4. The van der Waals surface area contributed by atoms with Gasteiger partial charge in [-0.3, -0.25) is 71.3 Å². The van der Waals surface area contributed by atoms with Gasteiger partial charge in [0.1, 0.15) is 70.5 Å². The van der Waals surface area contributed by atoms with E-state index in [4.69, 9.17) is 0 Å². The van der Waals surface area contributed by atoms with Gasteiger partial charge >= 0.3 is 0 Å². The van der Waals surface area contributed by atoms with Gasteiger partial charge in [0.05, 0.1) is 66.7 Å². The van der Waals surface area contributed by atoms with Crippen molar-refractivity contribution >= 4 is 93.0 Å². The summed E-state index contributed by atoms with van der Waals surface area (Å²) in [4.78, 5) is 181. The molecule has 6 aliphatic heterocycles. The van der Waals surface area contributed by atoms with E-state index in [9.17, 15) is 62.3 Å². The first kappa shape index (κ1) is 76.5. The number of carbonyl (C=O) groups excluding carboxylic acids is 13. The lowest BCUT2D eigenvalue weighted by atomic mass is 9.89. The molecule has 0 radical (unpaired) electrons. The Morgan fingerprint density at radius 2 is 0.981 bits per heavy atom. The van der Waals surface area contributed by atoms with Gasteiger partial charge in [0.2, 0.25) is 23.6 Å². The fourth-order valence-electron chi connectivity index (χ4n) is 14.2. The molecule has 30 heteroatoms. The number of nitrogens with zero attached hydrogens (tertiary/aromatic N) is 11. The second-order valence-electron chi connectivity index (χ2n) is 28.5. The highest BCUT2D eigenvalue weighted by Gasteiger charge is 2.57. The summed E-state index contributed by atoms with van der Waals surface area (Å²) in [7, 11) is 17.8. The van der Waals surface area contributed by atoms with Crippen molar-refractivity contribution in [2.75, 3.05) is 63.8 Å². The van der Waals surface area contributed by atoms with Crippen LogP contribution in [-0.4, -0.2) is 187 Å². The molecule has 4 atom stereocenters. The Hall–Kier alpha value is -11.1. The van der Waals surface area contributed by atoms with Crippen LogP contribution in [0.3, 0.4) is 0 Å². The summed E-state index contributed by atoms with van der Waals surface area (Å²) < 4.78 is 9.86. The number of unbranched alkanes of at least 4 members (excludes halogenated alkanes) is 1. The van der Waals surface area contributed by atoms with Crippen molar-refractivity contribution in [2.45, 2.75) is 122 Å². The van der Waals surface area contributed by atoms with Crippen LogP contribution in [0.15, 0.2) is 109 Å². The number of aryl methyl sites for hydroxylation is 6. The number of imidazole rings is 2. The summed E-state index contributed by atoms with van der Waals surface area (Å²) in [6.07, 6.45) is 21.6. The van der Waals surface area contributed by atoms with Crippen molar-refractivity contribution in [2.24, 2.45) is 42.3 Å². The van der Waals surface area contributed by atoms with Gasteiger partial charge in [-0.25, -0.2) is 9.97 Å². The number of anilines is 3. The van der Waals surface area contributed by atoms with E-state index in [1.54, 1.807) is 117 Å². The highest BCUT2D eigenvalue weighted by atomic mass is 16.2. The zero-order chi connectivity index (χ0) is 75.9. The summed E-state index contributed by atoms with van der Waals surface area (Å²) in [6, 6.07) is 5.24. The first-order valence-electron chi connectivity index (χ1n) is 35.1. The summed E-state index contributed by atoms with van der Waals surface area (Å²) in [5.41, 5.74) is 6.58. The van der Waals surface area contributed by atoms with Crippen LogP contribution in [-0.2, 0) is 95.1 Å². The third-order valence-electron chi connectivity index (χ3n) is 19.2. The number of hydrogen-bond donors (Lipinski definition) is 6. The predicted molar refractivity (Wildman–Crippen MR) is 387 cm³/mol. The van der Waals surface area contributed by atoms with Gasteiger partial charge in [-0.2, -0.15) is 0 Å². The molecule has 4 bridgehead atoms. The summed E-state index contributed by atoms with van der Waals surface area (Å²) in [6.45, 7) is 2.46. The van der Waals surface area contributed by atoms with Gasteiger partial charge in [-0.1, -0.05) is 0 Å². The number of Topliss-reactive ketones (excluding diaryl/α,β-unsaturated/α-hetero) is 7. The quantitative estimate of drug-likeness (QED) is 0.0162. The SMILES string of the molecule is CC(=O)Nc1cc(C(=O)Nc2cc(C(=O)NCCC(=O)NC3=C[N+]4(C)C=C3C4C(=O)Nc3cc(C(=O)NCCCC(=O)Cc4cn(C)c(C(=O)Cc5cn(C)c(C(=O)CCCC(=O)Cc6cc(C(=O)CC7=C[N+]8(C)C=C7C8C(=O)CCCC(=O)CCCCN(C)C)n(C)c6)n5)n4)n(C)c3)n(C)c2)n(C)c1. The molecule has 0 aromatic carbocycles. The summed E-state index contributed by atoms with van der Waals surface area (Å²) in [5.74, 6) is -2.97. The van der Waals surface area contributed by atoms with Crippen molar-refractivity contribution in [1.29, 1.82) is 0 Å². The number of hydrogen-bond acceptors (Lipinski definition) is 16. The average molecular weight is 1440 g/mol. The number of nitrogens with one attached hydrogen (secondary N) is 6. The molecular formula is C75H93N17O13+2. The van der Waals surface area contributed by atoms with Crippen LogP contribution in [0.25, 0.3) is 0 Å². The molecule has 0 fully saturated rings. The molecule has 0 aliphatic carbocycles. The average Bonchev–Trinajstić information content (AvgIpc) is 1.56. The topological polar surface area (TPSA) is 353 Å². The molecule has 12 heterocycles. The number of rotatable bonds is 40. The number of ketones is 7. The number of amides is 6. The molecule has 0 saturated heterocycles. The van der Waals surface area contributed by atoms with Crippen molar-refractivity contribution in [3.8, 4) is 0 Å². The summed E-state index contributed by atoms with van der Waals surface area (Å²) in [5, 5.41) is 16.7. The van der Waals surface area contributed by atoms with Crippen LogP contribution in [0, 0.1) is 0 Å². The van der Waals surface area contributed by atoms with Gasteiger partial charge in [-0.05, 0) is 82.6 Å². The Morgan fingerprint density at radius 1 is 0.448 bits per heavy atom. The molecule has 30 nitrogen and oxygen atoms in total. The summed E-state index contributed by atoms with van der Waals surface area (Å²) >= 11 is 0. The highest BCUT2D eigenvalue weighted by Crippen LogP contribution is 2.47. The lowest BCUT2D eigenvalue weighted by Crippen LogP contribution is -2.54. The van der Waals surface area contributed by atoms with Crippen molar-refractivity contribution in [1.82, 2.24) is 58.2 Å². The molecule has 0 spiro atoms. The Bertz CT molecular complexity index is 4670. The van der Waals surface area contributed by atoms with Crippen LogP contribution in [0.1, 0.15) is 171 Å². The zero-order valence-corrected chi connectivity index (χ0v) is 61.4. The lowest BCUT2D eigenvalue weighted by molar-refractivity contribution is -0.830. The maximum Gasteiger partial charge on any atom is 0.288 e. The molecule has 12 rings (SSSR count). The monoisotopic (exact) mass is 1440 g/mol. The Balaban J connectivity index is 0.590. The number of quaternary nitrogens is 2. The molecule has 4 unspecified atom stereocenters. The third-order valence-corrected chi connectivity index (χ3v) is 19.2. The maximum absolute atomic E-state index is 13.7. The fraction of sp³-hybridized carbons (Fsp3) is 0.427. The van der Waals surface area contributed by atoms with Crippen LogP contribution < -0.4 is 31.9 Å². The largest absolute Gasteiger partial charge is 0.351 e. The minimum Gasteiger partial charge on any atom is -0.351 e. The molecule has 6 aliphatic rings. The molecule has 6 N–H and O–H groups in total. The number of carbonyl (C=O) groups is 13. The van der Waals surface area contributed by atoms with Crippen molar-refractivity contribution < 1.29 is 71.3 Å². The van der Waals surface area contributed by atoms with E-state index in [1.165, 1.54) is 34.3 Å². The van der Waals surface area contributed by atoms with E-state index in [0.717, 1.165) is 30.5 Å². The molecular weight excluding hydrogens is 1350 g/mol. The van der Waals surface area contributed by atoms with Gasteiger partial charge in [0.25, 0.3) is 23.6 Å². The zero-order valence-electron chi connectivity index (χ0n) is 61.4. The van der Waals surface area contributed by atoms with E-state index in [1.807, 2.05) is 39.7 Å². The van der Waals surface area contributed by atoms with Crippen LogP contribution in [0.5, 0.6) is 0 Å². The number of aromatic nitrogens is 8. The second kappa shape index (κ2) is 32.3. The fourth-order valence-corrected chi connectivity index (χ4v) is 14.2. The molecule has 6 amide bonds. The Labute approximate surface area is 607 Å². The number of likely N-dealkylation sites (N-methyl/N-ethyl adjacent to an activating group) is 2.